The van der Waals surface area contributed by atoms with Crippen LogP contribution >= 0.6 is 0 Å². The van der Waals surface area contributed by atoms with Gasteiger partial charge in [-0.15, -0.1) is 0 Å². The Morgan fingerprint density at radius 2 is 2.22 bits per heavy atom. The molecule has 1 atom stereocenters. The highest BCUT2D eigenvalue weighted by Crippen LogP contribution is 2.07. The van der Waals surface area contributed by atoms with E-state index in [0.717, 1.165) is 18.4 Å². The van der Waals surface area contributed by atoms with Crippen molar-refractivity contribution in [1.82, 2.24) is 10.3 Å². The van der Waals surface area contributed by atoms with Gasteiger partial charge in [0.05, 0.1) is 5.56 Å². The van der Waals surface area contributed by atoms with Crippen LogP contribution in [0.5, 0.6) is 0 Å². The predicted molar refractivity (Wildman–Crippen MR) is 67.4 cm³/mol. The van der Waals surface area contributed by atoms with Crippen LogP contribution in [0.4, 0.5) is 0 Å². The number of pyridine rings is 1. The van der Waals surface area contributed by atoms with E-state index in [1.165, 1.54) is 6.20 Å². The molecular weight excluding hydrogens is 232 g/mol. The summed E-state index contributed by atoms with van der Waals surface area (Å²) in [5, 5.41) is 11.6. The number of carbonyl (C=O) groups is 2. The second kappa shape index (κ2) is 6.74. The number of aryl methyl sites for hydroxylation is 1. The molecule has 0 aliphatic rings. The number of carbonyl (C=O) groups excluding carboxylic acids is 1. The average molecular weight is 250 g/mol. The van der Waals surface area contributed by atoms with Crippen molar-refractivity contribution in [3.8, 4) is 0 Å². The second-order valence-corrected chi connectivity index (χ2v) is 4.20. The second-order valence-electron chi connectivity index (χ2n) is 4.20. The Hall–Kier alpha value is -1.91. The predicted octanol–water partition coefficient (Wildman–Crippen LogP) is 1.76. The Kier molecular flexibility index (Phi) is 5.30. The van der Waals surface area contributed by atoms with Gasteiger partial charge in [0.2, 0.25) is 0 Å². The summed E-state index contributed by atoms with van der Waals surface area (Å²) in [5.41, 5.74) is 1.20. The van der Waals surface area contributed by atoms with Gasteiger partial charge in [-0.3, -0.25) is 9.78 Å². The van der Waals surface area contributed by atoms with Crippen molar-refractivity contribution in [2.24, 2.45) is 0 Å². The molecule has 1 aromatic rings. The van der Waals surface area contributed by atoms with Crippen LogP contribution in [0.25, 0.3) is 0 Å². The maximum Gasteiger partial charge on any atom is 0.326 e. The minimum atomic E-state index is -1.00. The molecule has 0 saturated heterocycles. The zero-order valence-electron chi connectivity index (χ0n) is 10.6. The van der Waals surface area contributed by atoms with E-state index >= 15 is 0 Å². The summed E-state index contributed by atoms with van der Waals surface area (Å²) in [4.78, 5) is 26.8. The van der Waals surface area contributed by atoms with E-state index in [0.29, 0.717) is 12.0 Å². The number of amides is 1. The summed E-state index contributed by atoms with van der Waals surface area (Å²) < 4.78 is 0. The number of hydrogen-bond acceptors (Lipinski definition) is 3. The zero-order chi connectivity index (χ0) is 13.5. The molecule has 0 fully saturated rings. The minimum absolute atomic E-state index is 0.385. The Labute approximate surface area is 106 Å². The lowest BCUT2D eigenvalue weighted by Gasteiger charge is -2.14. The van der Waals surface area contributed by atoms with Crippen molar-refractivity contribution in [2.45, 2.75) is 39.2 Å². The Balaban J connectivity index is 2.72. The lowest BCUT2D eigenvalue weighted by atomic mass is 10.1. The first-order chi connectivity index (χ1) is 8.56. The van der Waals surface area contributed by atoms with Gasteiger partial charge in [0.15, 0.2) is 0 Å². The lowest BCUT2D eigenvalue weighted by molar-refractivity contribution is -0.139. The van der Waals surface area contributed by atoms with E-state index < -0.39 is 12.0 Å². The summed E-state index contributed by atoms with van der Waals surface area (Å²) in [5.74, 6) is -1.39. The molecule has 18 heavy (non-hydrogen) atoms. The standard InChI is InChI=1S/C13H18N2O3/c1-3-4-5-11(13(17)18)15-12(16)10-8-14-7-6-9(10)2/h6-8,11H,3-5H2,1-2H3,(H,15,16)(H,17,18). The molecule has 1 heterocycles. The van der Waals surface area contributed by atoms with E-state index in [1.54, 1.807) is 19.2 Å². The molecule has 1 rings (SSSR count). The van der Waals surface area contributed by atoms with Gasteiger partial charge in [0, 0.05) is 12.4 Å². The number of carboxylic acid groups (broad SMARTS) is 1. The number of nitrogens with one attached hydrogen (secondary N) is 1. The quantitative estimate of drug-likeness (QED) is 0.806. The van der Waals surface area contributed by atoms with Gasteiger partial charge in [0.1, 0.15) is 6.04 Å². The smallest absolute Gasteiger partial charge is 0.326 e. The molecule has 1 unspecified atom stereocenters. The fraction of sp³-hybridized carbons (Fsp3) is 0.462. The van der Waals surface area contributed by atoms with Crippen LogP contribution in [0, 0.1) is 6.92 Å². The summed E-state index contributed by atoms with van der Waals surface area (Å²) in [7, 11) is 0. The SMILES string of the molecule is CCCCC(NC(=O)c1cnccc1C)C(=O)O. The molecule has 0 aliphatic carbocycles. The van der Waals surface area contributed by atoms with Gasteiger partial charge < -0.3 is 10.4 Å². The molecule has 98 valence electrons. The third kappa shape index (κ3) is 3.84. The number of nitrogens with zero attached hydrogens (tertiary/aromatic N) is 1. The van der Waals surface area contributed by atoms with Crippen molar-refractivity contribution < 1.29 is 14.7 Å². The number of aliphatic carboxylic acids is 1. The van der Waals surface area contributed by atoms with E-state index in [1.807, 2.05) is 6.92 Å². The number of carboxylic acids is 1. The molecule has 2 N–H and O–H groups in total. The summed E-state index contributed by atoms with van der Waals surface area (Å²) in [6, 6.07) is 0.883. The zero-order valence-corrected chi connectivity index (χ0v) is 10.6. The summed E-state index contributed by atoms with van der Waals surface area (Å²) in [6.07, 6.45) is 5.15. The summed E-state index contributed by atoms with van der Waals surface area (Å²) in [6.45, 7) is 3.77. The van der Waals surface area contributed by atoms with Crippen LogP contribution in [0.3, 0.4) is 0 Å². The molecule has 1 amide bonds. The fourth-order valence-electron chi connectivity index (χ4n) is 1.60. The van der Waals surface area contributed by atoms with E-state index in [2.05, 4.69) is 10.3 Å². The van der Waals surface area contributed by atoms with Gasteiger partial charge in [-0.05, 0) is 25.0 Å². The highest BCUT2D eigenvalue weighted by molar-refractivity contribution is 5.97. The van der Waals surface area contributed by atoms with Crippen molar-refractivity contribution in [3.05, 3.63) is 29.6 Å². The Bertz CT molecular complexity index is 432. The van der Waals surface area contributed by atoms with Crippen LogP contribution in [-0.4, -0.2) is 28.0 Å². The highest BCUT2D eigenvalue weighted by Gasteiger charge is 2.20. The lowest BCUT2D eigenvalue weighted by Crippen LogP contribution is -2.41. The molecule has 0 spiro atoms. The minimum Gasteiger partial charge on any atom is -0.480 e. The van der Waals surface area contributed by atoms with Crippen LogP contribution in [0.15, 0.2) is 18.5 Å². The average Bonchev–Trinajstić information content (AvgIpc) is 2.34. The van der Waals surface area contributed by atoms with Crippen LogP contribution in [-0.2, 0) is 4.79 Å². The molecule has 1 aromatic heterocycles. The van der Waals surface area contributed by atoms with E-state index in [4.69, 9.17) is 5.11 Å². The van der Waals surface area contributed by atoms with E-state index in [-0.39, 0.29) is 5.91 Å². The molecule has 0 aromatic carbocycles. The summed E-state index contributed by atoms with van der Waals surface area (Å²) >= 11 is 0. The maximum atomic E-state index is 11.9. The number of hydrogen-bond donors (Lipinski definition) is 2. The topological polar surface area (TPSA) is 79.3 Å². The van der Waals surface area contributed by atoms with Crippen molar-refractivity contribution in [1.29, 1.82) is 0 Å². The number of aromatic nitrogens is 1. The first-order valence-electron chi connectivity index (χ1n) is 6.00. The van der Waals surface area contributed by atoms with Crippen molar-refractivity contribution in [3.63, 3.8) is 0 Å². The van der Waals surface area contributed by atoms with Gasteiger partial charge in [-0.1, -0.05) is 19.8 Å². The Morgan fingerprint density at radius 1 is 1.50 bits per heavy atom. The molecule has 0 saturated carbocycles. The normalized spacial score (nSPS) is 11.9. The van der Waals surface area contributed by atoms with Gasteiger partial charge >= 0.3 is 5.97 Å². The molecule has 5 heteroatoms. The first kappa shape index (κ1) is 14.2. The monoisotopic (exact) mass is 250 g/mol. The fourth-order valence-corrected chi connectivity index (χ4v) is 1.60. The van der Waals surface area contributed by atoms with Gasteiger partial charge in [-0.2, -0.15) is 0 Å². The van der Waals surface area contributed by atoms with Crippen LogP contribution in [0.1, 0.15) is 42.1 Å². The van der Waals surface area contributed by atoms with Gasteiger partial charge in [-0.25, -0.2) is 4.79 Å². The largest absolute Gasteiger partial charge is 0.480 e. The Morgan fingerprint density at radius 3 is 2.78 bits per heavy atom. The van der Waals surface area contributed by atoms with E-state index in [9.17, 15) is 9.59 Å². The molecule has 0 bridgehead atoms. The highest BCUT2D eigenvalue weighted by atomic mass is 16.4. The van der Waals surface area contributed by atoms with Crippen molar-refractivity contribution >= 4 is 11.9 Å². The number of rotatable bonds is 6. The molecule has 0 aliphatic heterocycles. The molecule has 5 nitrogen and oxygen atoms in total. The van der Waals surface area contributed by atoms with Crippen LogP contribution in [0.2, 0.25) is 0 Å². The van der Waals surface area contributed by atoms with Crippen LogP contribution < -0.4 is 5.32 Å². The number of unbranched alkanes of at least 4 members (excludes halogenated alkanes) is 1. The first-order valence-corrected chi connectivity index (χ1v) is 6.00. The molecule has 0 radical (unpaired) electrons. The third-order valence-corrected chi connectivity index (χ3v) is 2.73. The maximum absolute atomic E-state index is 11.9. The molecular formula is C13H18N2O3. The van der Waals surface area contributed by atoms with Gasteiger partial charge in [0.25, 0.3) is 5.91 Å². The van der Waals surface area contributed by atoms with Crippen molar-refractivity contribution in [2.75, 3.05) is 0 Å². The third-order valence-electron chi connectivity index (χ3n) is 2.73.